The summed E-state index contributed by atoms with van der Waals surface area (Å²) in [6, 6.07) is 12.4. The molecular weight excluding hydrogens is 705 g/mol. The van der Waals surface area contributed by atoms with Crippen molar-refractivity contribution in [1.82, 2.24) is 20.1 Å². The maximum Gasteiger partial charge on any atom is 0.352 e. The van der Waals surface area contributed by atoms with Gasteiger partial charge in [-0.25, -0.2) is 14.3 Å². The van der Waals surface area contributed by atoms with Crippen LogP contribution in [0.4, 0.5) is 5.13 Å². The SMILES string of the molecule is N#Cc1ccc(C[n+]2ccc(CN3CC/C(=C\C4=C(C(=O)O)N5C(=O)[C@@H](NC(=O)/C(=N\OC6CCCC6)c6csc(N)n6)[C@H]5SC4)C3=O)cc2)cc1. The molecule has 1 aromatic carbocycles. The summed E-state index contributed by atoms with van der Waals surface area (Å²) >= 11 is 2.45. The molecule has 0 spiro atoms. The van der Waals surface area contributed by atoms with Gasteiger partial charge >= 0.3 is 5.97 Å². The molecule has 1 saturated carbocycles. The number of nitrogens with two attached hydrogens (primary N) is 1. The number of carbonyl (C=O) groups excluding carboxylic acids is 3. The van der Waals surface area contributed by atoms with Crippen molar-refractivity contribution in [2.45, 2.75) is 62.7 Å². The molecule has 52 heavy (non-hydrogen) atoms. The number of aliphatic carboxylic acids is 1. The van der Waals surface area contributed by atoms with Crippen LogP contribution in [0.25, 0.3) is 0 Å². The van der Waals surface area contributed by atoms with Crippen molar-refractivity contribution >= 4 is 57.6 Å². The molecule has 5 heterocycles. The van der Waals surface area contributed by atoms with Crippen molar-refractivity contribution < 1.29 is 33.7 Å². The monoisotopic (exact) mass is 739 g/mol. The van der Waals surface area contributed by atoms with E-state index in [1.54, 1.807) is 28.5 Å². The Kier molecular flexibility index (Phi) is 10.1. The van der Waals surface area contributed by atoms with Crippen LogP contribution in [0.15, 0.2) is 82.2 Å². The number of nitriles is 1. The number of thiazole rings is 1. The van der Waals surface area contributed by atoms with Crippen LogP contribution in [0.2, 0.25) is 0 Å². The zero-order valence-electron chi connectivity index (χ0n) is 27.9. The summed E-state index contributed by atoms with van der Waals surface area (Å²) in [5.41, 5.74) is 9.19. The molecule has 3 amide bonds. The second kappa shape index (κ2) is 15.0. The van der Waals surface area contributed by atoms with E-state index in [-0.39, 0.29) is 40.0 Å². The van der Waals surface area contributed by atoms with E-state index in [1.807, 2.05) is 41.2 Å². The summed E-state index contributed by atoms with van der Waals surface area (Å²) in [5.74, 6) is -2.50. The fraction of sp³-hybridized carbons (Fsp3) is 0.333. The predicted molar refractivity (Wildman–Crippen MR) is 191 cm³/mol. The standard InChI is InChI=1S/C36H34N8O6S2/c37-16-21-5-7-22(8-6-21)17-42-12-9-23(10-13-42)18-43-14-11-24(32(43)46)15-25-19-51-34-29(33(47)44(34)30(25)35(48)49)40-31(45)28(27-20-52-36(38)39-27)41-50-26-3-1-2-4-26/h5-10,12-13,15,20,26,29,34H,1-4,11,14,17-19H2,(H3-,38,39,40,45,48,49)/p+1/b24-15+,41-28-/t29-,34-/m1/s1. The highest BCUT2D eigenvalue weighted by molar-refractivity contribution is 8.00. The predicted octanol–water partition coefficient (Wildman–Crippen LogP) is 2.69. The van der Waals surface area contributed by atoms with Gasteiger partial charge in [-0.15, -0.1) is 23.1 Å². The number of amides is 3. The first-order valence-electron chi connectivity index (χ1n) is 16.8. The number of nitrogens with zero attached hydrogens (tertiary/aromatic N) is 6. The molecule has 4 aliphatic rings. The Balaban J connectivity index is 1.00. The molecule has 4 N–H and O–H groups in total. The van der Waals surface area contributed by atoms with Crippen LogP contribution in [0.3, 0.4) is 0 Å². The number of allylic oxidation sites excluding steroid dienone is 1. The molecule has 0 radical (unpaired) electrons. The van der Waals surface area contributed by atoms with Crippen molar-refractivity contribution in [3.8, 4) is 6.07 Å². The molecule has 7 rings (SSSR count). The number of pyridine rings is 1. The van der Waals surface area contributed by atoms with Crippen molar-refractivity contribution in [1.29, 1.82) is 5.26 Å². The molecule has 2 atom stereocenters. The summed E-state index contributed by atoms with van der Waals surface area (Å²) in [6.07, 6.45) is 9.49. The number of hydrogen-bond acceptors (Lipinski definition) is 11. The number of carbonyl (C=O) groups is 4. The largest absolute Gasteiger partial charge is 0.477 e. The van der Waals surface area contributed by atoms with E-state index in [0.717, 1.165) is 48.1 Å². The Morgan fingerprint density at radius 2 is 1.90 bits per heavy atom. The van der Waals surface area contributed by atoms with Gasteiger partial charge in [0.2, 0.25) is 5.91 Å². The molecule has 0 unspecified atom stereocenters. The van der Waals surface area contributed by atoms with E-state index in [4.69, 9.17) is 15.8 Å². The zero-order chi connectivity index (χ0) is 36.4. The quantitative estimate of drug-likeness (QED) is 0.0865. The van der Waals surface area contributed by atoms with Gasteiger partial charge < -0.3 is 25.9 Å². The number of carboxylic acids is 1. The number of thioether (sulfide) groups is 1. The van der Waals surface area contributed by atoms with Gasteiger partial charge in [-0.1, -0.05) is 17.3 Å². The Labute approximate surface area is 307 Å². The highest BCUT2D eigenvalue weighted by atomic mass is 32.2. The molecule has 1 aliphatic carbocycles. The first-order valence-corrected chi connectivity index (χ1v) is 18.8. The molecule has 14 nitrogen and oxygen atoms in total. The molecule has 2 aromatic heterocycles. The van der Waals surface area contributed by atoms with E-state index in [1.165, 1.54) is 16.7 Å². The van der Waals surface area contributed by atoms with Gasteiger partial charge in [0.05, 0.1) is 11.6 Å². The summed E-state index contributed by atoms with van der Waals surface area (Å²) in [4.78, 5) is 65.5. The Morgan fingerprint density at radius 1 is 1.15 bits per heavy atom. The van der Waals surface area contributed by atoms with E-state index >= 15 is 0 Å². The zero-order valence-corrected chi connectivity index (χ0v) is 29.6. The Hall–Kier alpha value is -5.53. The van der Waals surface area contributed by atoms with Gasteiger partial charge in [0, 0.05) is 47.5 Å². The van der Waals surface area contributed by atoms with E-state index in [0.29, 0.717) is 42.8 Å². The second-order valence-corrected chi connectivity index (χ2v) is 14.9. The van der Waals surface area contributed by atoms with Crippen LogP contribution < -0.4 is 15.6 Å². The van der Waals surface area contributed by atoms with Gasteiger partial charge in [0.1, 0.15) is 28.9 Å². The number of benzene rings is 1. The molecule has 16 heteroatoms. The topological polar surface area (TPSA) is 195 Å². The number of aromatic nitrogens is 2. The van der Waals surface area contributed by atoms with Crippen LogP contribution in [-0.4, -0.2) is 79.1 Å². The van der Waals surface area contributed by atoms with Crippen molar-refractivity contribution in [2.75, 3.05) is 18.0 Å². The number of nitrogen functional groups attached to an aromatic ring is 1. The first kappa shape index (κ1) is 34.9. The number of hydrogen-bond donors (Lipinski definition) is 3. The Morgan fingerprint density at radius 3 is 2.58 bits per heavy atom. The third kappa shape index (κ3) is 7.28. The number of anilines is 1. The van der Waals surface area contributed by atoms with Gasteiger partial charge in [-0.05, 0) is 61.4 Å². The molecular formula is C36H35N8O6S2+. The van der Waals surface area contributed by atoms with Gasteiger partial charge in [0.15, 0.2) is 29.8 Å². The summed E-state index contributed by atoms with van der Waals surface area (Å²) < 4.78 is 2.01. The minimum absolute atomic E-state index is 0.103. The number of fused-ring (bicyclic) bond motifs is 1. The first-order chi connectivity index (χ1) is 25.2. The number of β-lactam (4-membered cyclic amide) rings is 1. The van der Waals surface area contributed by atoms with E-state index in [2.05, 4.69) is 21.5 Å². The van der Waals surface area contributed by atoms with Crippen LogP contribution in [0, 0.1) is 11.3 Å². The average Bonchev–Trinajstić information content (AvgIpc) is 3.91. The lowest BCUT2D eigenvalue weighted by atomic mass is 10.0. The van der Waals surface area contributed by atoms with Crippen LogP contribution in [0.1, 0.15) is 54.5 Å². The summed E-state index contributed by atoms with van der Waals surface area (Å²) in [6.45, 7) is 1.51. The number of carboxylic acid groups (broad SMARTS) is 1. The van der Waals surface area contributed by atoms with E-state index in [9.17, 15) is 24.3 Å². The molecule has 3 fully saturated rings. The normalized spacial score (nSPS) is 21.3. The van der Waals surface area contributed by atoms with Crippen LogP contribution >= 0.6 is 23.1 Å². The smallest absolute Gasteiger partial charge is 0.352 e. The third-order valence-electron chi connectivity index (χ3n) is 9.41. The number of likely N-dealkylation sites (tertiary alicyclic amines) is 1. The van der Waals surface area contributed by atoms with Crippen molar-refractivity contribution in [3.63, 3.8) is 0 Å². The number of nitrogens with one attached hydrogen (secondary N) is 1. The lowest BCUT2D eigenvalue weighted by molar-refractivity contribution is -0.688. The van der Waals surface area contributed by atoms with Crippen molar-refractivity contribution in [3.05, 3.63) is 99.5 Å². The van der Waals surface area contributed by atoms with E-state index < -0.39 is 29.2 Å². The number of oxime groups is 1. The highest BCUT2D eigenvalue weighted by Gasteiger charge is 2.54. The van der Waals surface area contributed by atoms with Crippen molar-refractivity contribution in [2.24, 2.45) is 5.16 Å². The maximum atomic E-state index is 13.4. The summed E-state index contributed by atoms with van der Waals surface area (Å²) in [7, 11) is 0. The van der Waals surface area contributed by atoms with Gasteiger partial charge in [-0.3, -0.25) is 19.3 Å². The lowest BCUT2D eigenvalue weighted by Crippen LogP contribution is -2.71. The van der Waals surface area contributed by atoms with Gasteiger partial charge in [0.25, 0.3) is 11.8 Å². The van der Waals surface area contributed by atoms with Gasteiger partial charge in [-0.2, -0.15) is 5.26 Å². The second-order valence-electron chi connectivity index (χ2n) is 12.9. The highest BCUT2D eigenvalue weighted by Crippen LogP contribution is 2.41. The minimum atomic E-state index is -1.29. The summed E-state index contributed by atoms with van der Waals surface area (Å²) in [5, 5.41) is 27.2. The third-order valence-corrected chi connectivity index (χ3v) is 11.4. The molecule has 266 valence electrons. The average molecular weight is 740 g/mol. The van der Waals surface area contributed by atoms with Crippen LogP contribution in [-0.2, 0) is 37.1 Å². The Bertz CT molecular complexity index is 2050. The molecule has 3 aromatic rings. The molecule has 2 saturated heterocycles. The molecule has 0 bridgehead atoms. The lowest BCUT2D eigenvalue weighted by Gasteiger charge is -2.49. The number of rotatable bonds is 11. The maximum absolute atomic E-state index is 13.4. The van der Waals surface area contributed by atoms with Crippen LogP contribution in [0.5, 0.6) is 0 Å². The fourth-order valence-corrected chi connectivity index (χ4v) is 8.52. The minimum Gasteiger partial charge on any atom is -0.477 e. The molecule has 3 aliphatic heterocycles. The fourth-order valence-electron chi connectivity index (χ4n) is 6.66.